The molecule has 19 heavy (non-hydrogen) atoms. The van der Waals surface area contributed by atoms with Crippen molar-refractivity contribution in [3.05, 3.63) is 0 Å². The molecule has 0 aromatic heterocycles. The lowest BCUT2D eigenvalue weighted by Crippen LogP contribution is -2.55. The first kappa shape index (κ1) is 17.7. The number of amides is 2. The minimum Gasteiger partial charge on any atom is -0.480 e. The average Bonchev–Trinajstić information content (AvgIpc) is 2.31. The fraction of sp³-hybridized carbons (Fsp3) is 0.727. The van der Waals surface area contributed by atoms with E-state index in [0.717, 1.165) is 0 Å². The van der Waals surface area contributed by atoms with Crippen LogP contribution >= 0.6 is 12.6 Å². The third-order valence-corrected chi connectivity index (χ3v) is 2.82. The van der Waals surface area contributed by atoms with Crippen LogP contribution in [0.1, 0.15) is 20.8 Å². The Morgan fingerprint density at radius 3 is 2.00 bits per heavy atom. The van der Waals surface area contributed by atoms with Crippen LogP contribution in [0.2, 0.25) is 0 Å². The molecule has 0 aromatic rings. The Balaban J connectivity index is 4.67. The molecular weight excluding hydrogens is 270 g/mol. The van der Waals surface area contributed by atoms with E-state index < -0.39 is 35.9 Å². The SMILES string of the molecule is CC(N)C(=O)NC(CS)C(=O)NC(C(=O)O)C(C)C. The van der Waals surface area contributed by atoms with E-state index in [2.05, 4.69) is 23.3 Å². The van der Waals surface area contributed by atoms with E-state index in [4.69, 9.17) is 10.8 Å². The van der Waals surface area contributed by atoms with Crippen LogP contribution in [0.3, 0.4) is 0 Å². The standard InChI is InChI=1S/C11H21N3O4S/c1-5(2)8(11(17)18)14-10(16)7(4-19)13-9(15)6(3)12/h5-8,19H,4,12H2,1-3H3,(H,13,15)(H,14,16)(H,17,18). The van der Waals surface area contributed by atoms with Gasteiger partial charge in [0.25, 0.3) is 0 Å². The van der Waals surface area contributed by atoms with Crippen molar-refractivity contribution in [2.24, 2.45) is 11.7 Å². The van der Waals surface area contributed by atoms with Crippen molar-refractivity contribution >= 4 is 30.4 Å². The van der Waals surface area contributed by atoms with E-state index in [0.29, 0.717) is 0 Å². The van der Waals surface area contributed by atoms with E-state index in [9.17, 15) is 14.4 Å². The Hall–Kier alpha value is -1.28. The molecule has 0 fully saturated rings. The van der Waals surface area contributed by atoms with E-state index in [-0.39, 0.29) is 11.7 Å². The highest BCUT2D eigenvalue weighted by atomic mass is 32.1. The number of aliphatic carboxylic acids is 1. The van der Waals surface area contributed by atoms with Gasteiger partial charge in [0.2, 0.25) is 11.8 Å². The summed E-state index contributed by atoms with van der Waals surface area (Å²) in [4.78, 5) is 34.3. The van der Waals surface area contributed by atoms with E-state index in [1.165, 1.54) is 6.92 Å². The van der Waals surface area contributed by atoms with E-state index in [1.54, 1.807) is 13.8 Å². The molecule has 0 saturated carbocycles. The molecule has 0 aromatic carbocycles. The van der Waals surface area contributed by atoms with Gasteiger partial charge in [-0.05, 0) is 12.8 Å². The van der Waals surface area contributed by atoms with Crippen LogP contribution in [0.5, 0.6) is 0 Å². The molecule has 110 valence electrons. The third-order valence-electron chi connectivity index (χ3n) is 2.46. The minimum absolute atomic E-state index is 0.0503. The fourth-order valence-electron chi connectivity index (χ4n) is 1.26. The van der Waals surface area contributed by atoms with Crippen LogP contribution < -0.4 is 16.4 Å². The van der Waals surface area contributed by atoms with E-state index in [1.807, 2.05) is 0 Å². The van der Waals surface area contributed by atoms with Gasteiger partial charge in [0.15, 0.2) is 0 Å². The zero-order valence-corrected chi connectivity index (χ0v) is 12.1. The molecule has 3 unspecified atom stereocenters. The van der Waals surface area contributed by atoms with Crippen molar-refractivity contribution < 1.29 is 19.5 Å². The second-order valence-corrected chi connectivity index (χ2v) is 4.97. The molecule has 0 bridgehead atoms. The van der Waals surface area contributed by atoms with Gasteiger partial charge in [-0.25, -0.2) is 4.79 Å². The molecule has 0 radical (unpaired) electrons. The van der Waals surface area contributed by atoms with Crippen LogP contribution in [0, 0.1) is 5.92 Å². The number of hydrogen-bond acceptors (Lipinski definition) is 5. The molecule has 0 aliphatic rings. The number of nitrogens with one attached hydrogen (secondary N) is 2. The highest BCUT2D eigenvalue weighted by Gasteiger charge is 2.28. The summed E-state index contributed by atoms with van der Waals surface area (Å²) in [5.41, 5.74) is 5.37. The Morgan fingerprint density at radius 2 is 1.68 bits per heavy atom. The number of hydrogen-bond donors (Lipinski definition) is 5. The summed E-state index contributed by atoms with van der Waals surface area (Å²) < 4.78 is 0. The first-order valence-electron chi connectivity index (χ1n) is 5.90. The second-order valence-electron chi connectivity index (χ2n) is 4.60. The fourth-order valence-corrected chi connectivity index (χ4v) is 1.52. The largest absolute Gasteiger partial charge is 0.480 e. The van der Waals surface area contributed by atoms with Gasteiger partial charge < -0.3 is 21.5 Å². The number of thiol groups is 1. The lowest BCUT2D eigenvalue weighted by molar-refractivity contribution is -0.143. The van der Waals surface area contributed by atoms with Gasteiger partial charge in [-0.1, -0.05) is 13.8 Å². The van der Waals surface area contributed by atoms with Crippen LogP contribution in [-0.4, -0.2) is 46.8 Å². The maximum atomic E-state index is 11.9. The van der Waals surface area contributed by atoms with Gasteiger partial charge in [0.1, 0.15) is 12.1 Å². The van der Waals surface area contributed by atoms with Crippen molar-refractivity contribution in [1.82, 2.24) is 10.6 Å². The molecule has 0 aliphatic heterocycles. The van der Waals surface area contributed by atoms with Gasteiger partial charge in [-0.3, -0.25) is 9.59 Å². The average molecular weight is 291 g/mol. The summed E-state index contributed by atoms with van der Waals surface area (Å²) in [6.07, 6.45) is 0. The summed E-state index contributed by atoms with van der Waals surface area (Å²) >= 11 is 3.96. The minimum atomic E-state index is -1.13. The smallest absolute Gasteiger partial charge is 0.326 e. The molecule has 0 rings (SSSR count). The van der Waals surface area contributed by atoms with Crippen LogP contribution in [0.4, 0.5) is 0 Å². The summed E-state index contributed by atoms with van der Waals surface area (Å²) in [6.45, 7) is 4.83. The summed E-state index contributed by atoms with van der Waals surface area (Å²) in [5.74, 6) is -2.43. The predicted octanol–water partition coefficient (Wildman–Crippen LogP) is -1.03. The zero-order valence-electron chi connectivity index (χ0n) is 11.2. The topological polar surface area (TPSA) is 122 Å². The molecule has 2 amide bonds. The molecule has 0 saturated heterocycles. The maximum absolute atomic E-state index is 11.9. The summed E-state index contributed by atoms with van der Waals surface area (Å²) in [7, 11) is 0. The third kappa shape index (κ3) is 5.93. The van der Waals surface area contributed by atoms with E-state index >= 15 is 0 Å². The lowest BCUT2D eigenvalue weighted by Gasteiger charge is -2.22. The Kier molecular flexibility index (Phi) is 7.47. The lowest BCUT2D eigenvalue weighted by atomic mass is 10.0. The molecule has 0 spiro atoms. The highest BCUT2D eigenvalue weighted by Crippen LogP contribution is 2.02. The molecule has 5 N–H and O–H groups in total. The van der Waals surface area contributed by atoms with Gasteiger partial charge >= 0.3 is 5.97 Å². The Morgan fingerprint density at radius 1 is 1.16 bits per heavy atom. The number of carboxylic acid groups (broad SMARTS) is 1. The first-order valence-corrected chi connectivity index (χ1v) is 6.54. The first-order chi connectivity index (χ1) is 8.70. The molecule has 8 heteroatoms. The van der Waals surface area contributed by atoms with Crippen molar-refractivity contribution in [3.8, 4) is 0 Å². The molecule has 0 heterocycles. The highest BCUT2D eigenvalue weighted by molar-refractivity contribution is 7.80. The number of carbonyl (C=O) groups excluding carboxylic acids is 2. The van der Waals surface area contributed by atoms with Crippen molar-refractivity contribution in [3.63, 3.8) is 0 Å². The van der Waals surface area contributed by atoms with Crippen molar-refractivity contribution in [2.75, 3.05) is 5.75 Å². The summed E-state index contributed by atoms with van der Waals surface area (Å²) in [5, 5.41) is 13.7. The maximum Gasteiger partial charge on any atom is 0.326 e. The van der Waals surface area contributed by atoms with Gasteiger partial charge in [0.05, 0.1) is 6.04 Å². The molecule has 7 nitrogen and oxygen atoms in total. The molecule has 0 aliphatic carbocycles. The van der Waals surface area contributed by atoms with Gasteiger partial charge in [0, 0.05) is 5.75 Å². The predicted molar refractivity (Wildman–Crippen MR) is 73.8 cm³/mol. The van der Waals surface area contributed by atoms with Crippen LogP contribution in [0.15, 0.2) is 0 Å². The zero-order chi connectivity index (χ0) is 15.2. The second kappa shape index (κ2) is 8.00. The number of nitrogens with two attached hydrogens (primary N) is 1. The number of carbonyl (C=O) groups is 3. The number of rotatable bonds is 7. The summed E-state index contributed by atoms with van der Waals surface area (Å²) in [6, 6.07) is -2.68. The molecule has 3 atom stereocenters. The van der Waals surface area contributed by atoms with Crippen molar-refractivity contribution in [1.29, 1.82) is 0 Å². The van der Waals surface area contributed by atoms with Gasteiger partial charge in [-0.15, -0.1) is 0 Å². The molecular formula is C11H21N3O4S. The van der Waals surface area contributed by atoms with Crippen LogP contribution in [0.25, 0.3) is 0 Å². The quantitative estimate of drug-likeness (QED) is 0.384. The number of carboxylic acids is 1. The van der Waals surface area contributed by atoms with Crippen molar-refractivity contribution in [2.45, 2.75) is 38.9 Å². The Bertz CT molecular complexity index is 347. The van der Waals surface area contributed by atoms with Gasteiger partial charge in [-0.2, -0.15) is 12.6 Å². The Labute approximate surface area is 117 Å². The monoisotopic (exact) mass is 291 g/mol. The normalized spacial score (nSPS) is 15.5. The van der Waals surface area contributed by atoms with Crippen LogP contribution in [-0.2, 0) is 14.4 Å².